The molecule has 29 heavy (non-hydrogen) atoms. The van der Waals surface area contributed by atoms with Gasteiger partial charge in [-0.25, -0.2) is 0 Å². The largest absolute Gasteiger partial charge is 0.497 e. The van der Waals surface area contributed by atoms with E-state index in [1.165, 1.54) is 0 Å². The molecule has 3 aromatic rings. The lowest BCUT2D eigenvalue weighted by atomic mass is 9.91. The number of carbonyl (C=O) groups is 1. The Morgan fingerprint density at radius 3 is 2.59 bits per heavy atom. The predicted octanol–water partition coefficient (Wildman–Crippen LogP) is 4.50. The summed E-state index contributed by atoms with van der Waals surface area (Å²) in [5.41, 5.74) is 2.03. The van der Waals surface area contributed by atoms with Gasteiger partial charge in [-0.3, -0.25) is 9.69 Å². The minimum atomic E-state index is -0.778. The zero-order chi connectivity index (χ0) is 20.4. The average molecular weight is 391 g/mol. The Hall–Kier alpha value is -3.05. The fourth-order valence-corrected chi connectivity index (χ4v) is 4.42. The zero-order valence-corrected chi connectivity index (χ0v) is 16.7. The maximum atomic E-state index is 12.0. The molecule has 5 heteroatoms. The molecular formula is C24H25NO4. The number of fused-ring (bicyclic) bond motifs is 1. The van der Waals surface area contributed by atoms with Gasteiger partial charge in [0, 0.05) is 18.2 Å². The summed E-state index contributed by atoms with van der Waals surface area (Å²) in [6.45, 7) is 0.722. The first-order valence-electron chi connectivity index (χ1n) is 9.82. The fraction of sp³-hybridized carbons (Fsp3) is 0.292. The highest BCUT2D eigenvalue weighted by atomic mass is 16.5. The van der Waals surface area contributed by atoms with E-state index in [9.17, 15) is 9.90 Å². The van der Waals surface area contributed by atoms with E-state index in [1.807, 2.05) is 36.4 Å². The lowest BCUT2D eigenvalue weighted by Gasteiger charge is -2.33. The molecule has 150 valence electrons. The Morgan fingerprint density at radius 2 is 1.83 bits per heavy atom. The number of carboxylic acid groups (broad SMARTS) is 1. The third kappa shape index (κ3) is 3.54. The Labute approximate surface area is 170 Å². The van der Waals surface area contributed by atoms with E-state index in [1.54, 1.807) is 14.2 Å². The molecule has 3 aromatic carbocycles. The molecule has 5 nitrogen and oxygen atoms in total. The van der Waals surface area contributed by atoms with Gasteiger partial charge in [-0.1, -0.05) is 42.5 Å². The summed E-state index contributed by atoms with van der Waals surface area (Å²) >= 11 is 0. The molecule has 0 aromatic heterocycles. The van der Waals surface area contributed by atoms with Gasteiger partial charge in [-0.15, -0.1) is 0 Å². The Kier molecular flexibility index (Phi) is 5.41. The molecule has 0 saturated carbocycles. The topological polar surface area (TPSA) is 59.0 Å². The second-order valence-electron chi connectivity index (χ2n) is 7.31. The van der Waals surface area contributed by atoms with E-state index < -0.39 is 12.0 Å². The molecule has 2 unspecified atom stereocenters. The third-order valence-corrected chi connectivity index (χ3v) is 5.76. The van der Waals surface area contributed by atoms with Crippen LogP contribution in [0.4, 0.5) is 0 Å². The van der Waals surface area contributed by atoms with Gasteiger partial charge in [-0.05, 0) is 41.3 Å². The molecule has 0 amide bonds. The third-order valence-electron chi connectivity index (χ3n) is 5.76. The summed E-state index contributed by atoms with van der Waals surface area (Å²) in [6, 6.07) is 19.4. The van der Waals surface area contributed by atoms with Gasteiger partial charge in [0.15, 0.2) is 0 Å². The van der Waals surface area contributed by atoms with E-state index in [-0.39, 0.29) is 6.04 Å². The molecule has 0 spiro atoms. The summed E-state index contributed by atoms with van der Waals surface area (Å²) in [5, 5.41) is 12.1. The van der Waals surface area contributed by atoms with Crippen LogP contribution in [-0.4, -0.2) is 42.8 Å². The Bertz CT molecular complexity index is 1030. The van der Waals surface area contributed by atoms with Crippen LogP contribution in [0.1, 0.15) is 30.0 Å². The number of methoxy groups -OCH3 is 2. The number of aliphatic carboxylic acids is 1. The number of benzene rings is 3. The molecule has 1 aliphatic rings. The van der Waals surface area contributed by atoms with E-state index >= 15 is 0 Å². The molecule has 4 rings (SSSR count). The van der Waals surface area contributed by atoms with Crippen molar-refractivity contribution in [3.63, 3.8) is 0 Å². The lowest BCUT2D eigenvalue weighted by molar-refractivity contribution is -0.142. The van der Waals surface area contributed by atoms with Crippen LogP contribution in [0.2, 0.25) is 0 Å². The molecule has 1 heterocycles. The van der Waals surface area contributed by atoms with Crippen molar-refractivity contribution in [3.05, 3.63) is 71.8 Å². The molecule has 1 aliphatic heterocycles. The van der Waals surface area contributed by atoms with Crippen LogP contribution in [-0.2, 0) is 4.79 Å². The number of nitrogens with zero attached hydrogens (tertiary/aromatic N) is 1. The summed E-state index contributed by atoms with van der Waals surface area (Å²) in [6.07, 6.45) is 1.51. The number of hydrogen-bond acceptors (Lipinski definition) is 4. The van der Waals surface area contributed by atoms with Crippen molar-refractivity contribution in [2.24, 2.45) is 0 Å². The number of ether oxygens (including phenoxy) is 2. The van der Waals surface area contributed by atoms with Crippen LogP contribution in [0, 0.1) is 0 Å². The highest BCUT2D eigenvalue weighted by Crippen LogP contribution is 2.42. The van der Waals surface area contributed by atoms with Crippen molar-refractivity contribution < 1.29 is 19.4 Å². The summed E-state index contributed by atoms with van der Waals surface area (Å²) in [5.74, 6) is 0.622. The van der Waals surface area contributed by atoms with Gasteiger partial charge < -0.3 is 14.6 Å². The zero-order valence-electron chi connectivity index (χ0n) is 16.7. The predicted molar refractivity (Wildman–Crippen MR) is 113 cm³/mol. The monoisotopic (exact) mass is 391 g/mol. The van der Waals surface area contributed by atoms with Gasteiger partial charge in [0.05, 0.1) is 20.3 Å². The minimum absolute atomic E-state index is 0.231. The van der Waals surface area contributed by atoms with Crippen LogP contribution < -0.4 is 9.47 Å². The number of likely N-dealkylation sites (tertiary alicyclic amines) is 1. The molecule has 0 radical (unpaired) electrons. The fourth-order valence-electron chi connectivity index (χ4n) is 4.42. The van der Waals surface area contributed by atoms with Crippen molar-refractivity contribution in [2.45, 2.75) is 24.9 Å². The van der Waals surface area contributed by atoms with Gasteiger partial charge in [-0.2, -0.15) is 0 Å². The van der Waals surface area contributed by atoms with Crippen molar-refractivity contribution in [1.29, 1.82) is 0 Å². The molecule has 1 N–H and O–H groups in total. The van der Waals surface area contributed by atoms with Crippen LogP contribution in [0.25, 0.3) is 10.8 Å². The molecule has 0 bridgehead atoms. The smallest absolute Gasteiger partial charge is 0.320 e. The summed E-state index contributed by atoms with van der Waals surface area (Å²) in [7, 11) is 3.26. The van der Waals surface area contributed by atoms with E-state index in [0.29, 0.717) is 17.9 Å². The van der Waals surface area contributed by atoms with E-state index in [4.69, 9.17) is 9.47 Å². The van der Waals surface area contributed by atoms with Gasteiger partial charge in [0.25, 0.3) is 0 Å². The number of rotatable bonds is 6. The highest BCUT2D eigenvalue weighted by Gasteiger charge is 2.38. The van der Waals surface area contributed by atoms with E-state index in [2.05, 4.69) is 29.2 Å². The Balaban J connectivity index is 1.94. The number of hydrogen-bond donors (Lipinski definition) is 1. The normalized spacial score (nSPS) is 17.9. The van der Waals surface area contributed by atoms with Crippen LogP contribution in [0.3, 0.4) is 0 Å². The highest BCUT2D eigenvalue weighted by molar-refractivity contribution is 5.87. The van der Waals surface area contributed by atoms with Gasteiger partial charge in [0.2, 0.25) is 0 Å². The molecule has 1 saturated heterocycles. The van der Waals surface area contributed by atoms with Crippen molar-refractivity contribution >= 4 is 16.7 Å². The minimum Gasteiger partial charge on any atom is -0.497 e. The lowest BCUT2D eigenvalue weighted by Crippen LogP contribution is -2.39. The number of carboxylic acids is 1. The summed E-state index contributed by atoms with van der Waals surface area (Å²) in [4.78, 5) is 14.1. The standard InChI is InChI=1S/C24H25NO4/c1-28-17-12-13-20(22(15-17)29-2)23(25-14-6-11-21(25)24(26)27)19-10-5-8-16-7-3-4-9-18(16)19/h3-5,7-10,12-13,15,21,23H,6,11,14H2,1-2H3,(H,26,27). The first kappa shape index (κ1) is 19.3. The van der Waals surface area contributed by atoms with Crippen LogP contribution >= 0.6 is 0 Å². The first-order chi connectivity index (χ1) is 14.1. The quantitative estimate of drug-likeness (QED) is 0.671. The van der Waals surface area contributed by atoms with Crippen molar-refractivity contribution in [1.82, 2.24) is 4.90 Å². The summed E-state index contributed by atoms with van der Waals surface area (Å²) < 4.78 is 11.1. The van der Waals surface area contributed by atoms with E-state index in [0.717, 1.165) is 34.9 Å². The average Bonchev–Trinajstić information content (AvgIpc) is 3.24. The molecule has 0 aliphatic carbocycles. The van der Waals surface area contributed by atoms with Crippen molar-refractivity contribution in [2.75, 3.05) is 20.8 Å². The Morgan fingerprint density at radius 1 is 1.03 bits per heavy atom. The van der Waals surface area contributed by atoms with Crippen LogP contribution in [0.15, 0.2) is 60.7 Å². The van der Waals surface area contributed by atoms with Gasteiger partial charge >= 0.3 is 5.97 Å². The first-order valence-corrected chi connectivity index (χ1v) is 9.82. The van der Waals surface area contributed by atoms with Gasteiger partial charge in [0.1, 0.15) is 17.5 Å². The molecule has 1 fully saturated rings. The molecular weight excluding hydrogens is 366 g/mol. The van der Waals surface area contributed by atoms with Crippen molar-refractivity contribution in [3.8, 4) is 11.5 Å². The van der Waals surface area contributed by atoms with Crippen LogP contribution in [0.5, 0.6) is 11.5 Å². The maximum Gasteiger partial charge on any atom is 0.320 e. The second kappa shape index (κ2) is 8.13. The molecule has 2 atom stereocenters. The maximum absolute atomic E-state index is 12.0. The second-order valence-corrected chi connectivity index (χ2v) is 7.31. The SMILES string of the molecule is COc1ccc(C(c2cccc3ccccc23)N2CCCC2C(=O)O)c(OC)c1.